The molecular weight excluding hydrogens is 202 g/mol. The van der Waals surface area contributed by atoms with Gasteiger partial charge in [0.05, 0.1) is 13.2 Å². The zero-order valence-electron chi connectivity index (χ0n) is 10.6. The Bertz CT molecular complexity index is 299. The average molecular weight is 223 g/mol. The summed E-state index contributed by atoms with van der Waals surface area (Å²) in [6.45, 7) is 6.22. The van der Waals surface area contributed by atoms with Crippen LogP contribution in [0.4, 0.5) is 0 Å². The summed E-state index contributed by atoms with van der Waals surface area (Å²) in [7, 11) is 4.10. The lowest BCUT2D eigenvalue weighted by Gasteiger charge is -2.13. The van der Waals surface area contributed by atoms with E-state index in [4.69, 9.17) is 9.47 Å². The fourth-order valence-electron chi connectivity index (χ4n) is 1.59. The molecule has 0 bridgehead atoms. The summed E-state index contributed by atoms with van der Waals surface area (Å²) in [5.41, 5.74) is 1.21. The van der Waals surface area contributed by atoms with Gasteiger partial charge >= 0.3 is 0 Å². The number of hydrogen-bond acceptors (Lipinski definition) is 3. The van der Waals surface area contributed by atoms with E-state index in [2.05, 4.69) is 17.0 Å². The van der Waals surface area contributed by atoms with Crippen LogP contribution in [0.5, 0.6) is 11.5 Å². The molecule has 0 fully saturated rings. The first-order valence-electron chi connectivity index (χ1n) is 5.70. The number of benzene rings is 1. The van der Waals surface area contributed by atoms with Gasteiger partial charge in [0.25, 0.3) is 0 Å². The van der Waals surface area contributed by atoms with Crippen LogP contribution in [-0.2, 0) is 6.54 Å². The first kappa shape index (κ1) is 12.8. The largest absolute Gasteiger partial charge is 0.494 e. The van der Waals surface area contributed by atoms with E-state index >= 15 is 0 Å². The topological polar surface area (TPSA) is 21.7 Å². The predicted octanol–water partition coefficient (Wildman–Crippen LogP) is 2.55. The molecule has 0 aliphatic carbocycles. The van der Waals surface area contributed by atoms with Crippen molar-refractivity contribution < 1.29 is 9.47 Å². The van der Waals surface area contributed by atoms with Gasteiger partial charge in [-0.3, -0.25) is 0 Å². The average Bonchev–Trinajstić information content (AvgIpc) is 2.17. The van der Waals surface area contributed by atoms with Crippen molar-refractivity contribution in [3.05, 3.63) is 23.8 Å². The molecular formula is C13H21NO2. The maximum atomic E-state index is 5.52. The van der Waals surface area contributed by atoms with E-state index in [0.717, 1.165) is 18.0 Å². The van der Waals surface area contributed by atoms with Crippen molar-refractivity contribution >= 4 is 0 Å². The third-order valence-electron chi connectivity index (χ3n) is 2.06. The smallest absolute Gasteiger partial charge is 0.123 e. The van der Waals surface area contributed by atoms with E-state index in [0.29, 0.717) is 13.2 Å². The SMILES string of the molecule is CCOc1cc(CN(C)C)cc(OCC)c1. The molecule has 0 amide bonds. The summed E-state index contributed by atoms with van der Waals surface area (Å²) >= 11 is 0. The lowest BCUT2D eigenvalue weighted by Crippen LogP contribution is -2.11. The lowest BCUT2D eigenvalue weighted by atomic mass is 10.2. The summed E-state index contributed by atoms with van der Waals surface area (Å²) in [6.07, 6.45) is 0. The van der Waals surface area contributed by atoms with Gasteiger partial charge in [0.2, 0.25) is 0 Å². The summed E-state index contributed by atoms with van der Waals surface area (Å²) in [4.78, 5) is 2.13. The zero-order chi connectivity index (χ0) is 12.0. The van der Waals surface area contributed by atoms with Gasteiger partial charge in [-0.1, -0.05) is 0 Å². The molecule has 1 rings (SSSR count). The van der Waals surface area contributed by atoms with Gasteiger partial charge < -0.3 is 14.4 Å². The fraction of sp³-hybridized carbons (Fsp3) is 0.538. The highest BCUT2D eigenvalue weighted by molar-refractivity contribution is 5.38. The number of ether oxygens (including phenoxy) is 2. The maximum absolute atomic E-state index is 5.52. The van der Waals surface area contributed by atoms with Crippen molar-refractivity contribution in [1.82, 2.24) is 4.90 Å². The summed E-state index contributed by atoms with van der Waals surface area (Å²) in [5, 5.41) is 0. The van der Waals surface area contributed by atoms with Crippen molar-refractivity contribution in [3.8, 4) is 11.5 Å². The third-order valence-corrected chi connectivity index (χ3v) is 2.06. The fourth-order valence-corrected chi connectivity index (χ4v) is 1.59. The van der Waals surface area contributed by atoms with E-state index in [1.54, 1.807) is 0 Å². The third kappa shape index (κ3) is 4.11. The first-order valence-corrected chi connectivity index (χ1v) is 5.70. The van der Waals surface area contributed by atoms with Gasteiger partial charge in [-0.15, -0.1) is 0 Å². The molecule has 3 heteroatoms. The van der Waals surface area contributed by atoms with Crippen molar-refractivity contribution in [2.75, 3.05) is 27.3 Å². The van der Waals surface area contributed by atoms with E-state index in [-0.39, 0.29) is 0 Å². The monoisotopic (exact) mass is 223 g/mol. The highest BCUT2D eigenvalue weighted by Gasteiger charge is 2.03. The van der Waals surface area contributed by atoms with E-state index < -0.39 is 0 Å². The van der Waals surface area contributed by atoms with Crippen LogP contribution < -0.4 is 9.47 Å². The van der Waals surface area contributed by atoms with Crippen molar-refractivity contribution in [2.45, 2.75) is 20.4 Å². The molecule has 0 saturated carbocycles. The quantitative estimate of drug-likeness (QED) is 0.739. The summed E-state index contributed by atoms with van der Waals surface area (Å²) in [6, 6.07) is 6.06. The van der Waals surface area contributed by atoms with Crippen molar-refractivity contribution in [2.24, 2.45) is 0 Å². The molecule has 0 saturated heterocycles. The maximum Gasteiger partial charge on any atom is 0.123 e. The minimum absolute atomic E-state index is 0.678. The minimum Gasteiger partial charge on any atom is -0.494 e. The number of nitrogens with zero attached hydrogens (tertiary/aromatic N) is 1. The summed E-state index contributed by atoms with van der Waals surface area (Å²) < 4.78 is 11.0. The van der Waals surface area contributed by atoms with Crippen molar-refractivity contribution in [1.29, 1.82) is 0 Å². The Morgan fingerprint density at radius 2 is 1.44 bits per heavy atom. The second-order valence-electron chi connectivity index (χ2n) is 3.92. The molecule has 0 aliphatic heterocycles. The van der Waals surface area contributed by atoms with Crippen LogP contribution in [0.3, 0.4) is 0 Å². The molecule has 0 heterocycles. The van der Waals surface area contributed by atoms with Crippen LogP contribution in [0.1, 0.15) is 19.4 Å². The Labute approximate surface area is 98.0 Å². The van der Waals surface area contributed by atoms with Crippen LogP contribution in [0.25, 0.3) is 0 Å². The molecule has 0 aliphatic rings. The van der Waals surface area contributed by atoms with Gasteiger partial charge in [0.1, 0.15) is 11.5 Å². The molecule has 0 N–H and O–H groups in total. The van der Waals surface area contributed by atoms with Gasteiger partial charge in [-0.05, 0) is 45.6 Å². The van der Waals surface area contributed by atoms with Gasteiger partial charge in [0.15, 0.2) is 0 Å². The van der Waals surface area contributed by atoms with Gasteiger partial charge in [-0.25, -0.2) is 0 Å². The van der Waals surface area contributed by atoms with Gasteiger partial charge in [-0.2, -0.15) is 0 Å². The second kappa shape index (κ2) is 6.38. The summed E-state index contributed by atoms with van der Waals surface area (Å²) in [5.74, 6) is 1.76. The van der Waals surface area contributed by atoms with Crippen LogP contribution in [0, 0.1) is 0 Å². The van der Waals surface area contributed by atoms with Crippen LogP contribution >= 0.6 is 0 Å². The Kier molecular flexibility index (Phi) is 5.12. The highest BCUT2D eigenvalue weighted by Crippen LogP contribution is 2.23. The second-order valence-corrected chi connectivity index (χ2v) is 3.92. The Hall–Kier alpha value is -1.22. The molecule has 0 spiro atoms. The van der Waals surface area contributed by atoms with E-state index in [9.17, 15) is 0 Å². The molecule has 90 valence electrons. The molecule has 1 aromatic carbocycles. The lowest BCUT2D eigenvalue weighted by molar-refractivity contribution is 0.320. The number of hydrogen-bond donors (Lipinski definition) is 0. The minimum atomic E-state index is 0.678. The molecule has 3 nitrogen and oxygen atoms in total. The molecule has 16 heavy (non-hydrogen) atoms. The normalized spacial score (nSPS) is 10.6. The Morgan fingerprint density at radius 1 is 0.938 bits per heavy atom. The number of rotatable bonds is 6. The Balaban J connectivity index is 2.88. The van der Waals surface area contributed by atoms with Gasteiger partial charge in [0, 0.05) is 12.6 Å². The molecule has 0 aromatic heterocycles. The van der Waals surface area contributed by atoms with E-state index in [1.165, 1.54) is 5.56 Å². The Morgan fingerprint density at radius 3 is 1.81 bits per heavy atom. The van der Waals surface area contributed by atoms with Crippen LogP contribution in [0.15, 0.2) is 18.2 Å². The molecule has 0 atom stereocenters. The molecule has 1 aromatic rings. The predicted molar refractivity (Wildman–Crippen MR) is 66.2 cm³/mol. The highest BCUT2D eigenvalue weighted by atomic mass is 16.5. The van der Waals surface area contributed by atoms with Crippen LogP contribution in [-0.4, -0.2) is 32.2 Å². The van der Waals surface area contributed by atoms with Crippen LogP contribution in [0.2, 0.25) is 0 Å². The van der Waals surface area contributed by atoms with Crippen molar-refractivity contribution in [3.63, 3.8) is 0 Å². The molecule has 0 unspecified atom stereocenters. The first-order chi connectivity index (χ1) is 7.65. The standard InChI is InChI=1S/C13H21NO2/c1-5-15-12-7-11(10-14(3)4)8-13(9-12)16-6-2/h7-9H,5-6,10H2,1-4H3. The zero-order valence-corrected chi connectivity index (χ0v) is 10.6. The molecule has 0 radical (unpaired) electrons. The van der Waals surface area contributed by atoms with E-state index in [1.807, 2.05) is 34.0 Å².